The van der Waals surface area contributed by atoms with Crippen LogP contribution in [-0.2, 0) is 19.2 Å². The predicted octanol–water partition coefficient (Wildman–Crippen LogP) is -0.999. The van der Waals surface area contributed by atoms with Crippen molar-refractivity contribution in [1.82, 2.24) is 29.6 Å². The molecule has 5 heterocycles. The third-order valence-electron chi connectivity index (χ3n) is 5.35. The first-order valence-electron chi connectivity index (χ1n) is 10.1. The van der Waals surface area contributed by atoms with Gasteiger partial charge < -0.3 is 25.9 Å². The third kappa shape index (κ3) is 3.97. The predicted molar refractivity (Wildman–Crippen MR) is 126 cm³/mol. The highest BCUT2D eigenvalue weighted by Gasteiger charge is 2.54. The largest absolute Gasteiger partial charge is 0.477 e. The summed E-state index contributed by atoms with van der Waals surface area (Å²) in [6.07, 6.45) is 5.83. The van der Waals surface area contributed by atoms with Gasteiger partial charge in [-0.2, -0.15) is 14.5 Å². The van der Waals surface area contributed by atoms with Crippen LogP contribution in [0.4, 0.5) is 5.13 Å². The van der Waals surface area contributed by atoms with E-state index in [0.717, 1.165) is 17.4 Å². The van der Waals surface area contributed by atoms with Gasteiger partial charge in [-0.05, 0) is 11.6 Å². The molecular formula is C18H18N10O5S2. The number of thioether (sulfide) groups is 1. The number of hydrazone groups is 2. The molecule has 5 rings (SSSR count). The van der Waals surface area contributed by atoms with Crippen molar-refractivity contribution in [3.05, 3.63) is 29.0 Å². The molecule has 0 spiro atoms. The van der Waals surface area contributed by atoms with Crippen molar-refractivity contribution in [1.29, 1.82) is 0 Å². The van der Waals surface area contributed by atoms with E-state index in [-0.39, 0.29) is 28.9 Å². The minimum absolute atomic E-state index is 0.0390. The molecule has 0 radical (unpaired) electrons. The van der Waals surface area contributed by atoms with Crippen LogP contribution in [0.2, 0.25) is 0 Å². The summed E-state index contributed by atoms with van der Waals surface area (Å²) in [5, 5.41) is 25.5. The molecule has 0 aliphatic carbocycles. The van der Waals surface area contributed by atoms with E-state index in [1.54, 1.807) is 17.5 Å². The molecule has 2 amide bonds. The Bertz CT molecular complexity index is 1250. The van der Waals surface area contributed by atoms with Gasteiger partial charge in [-0.1, -0.05) is 5.16 Å². The summed E-state index contributed by atoms with van der Waals surface area (Å²) in [6.45, 7) is 0.227. The van der Waals surface area contributed by atoms with Crippen LogP contribution in [-0.4, -0.2) is 96.3 Å². The van der Waals surface area contributed by atoms with Gasteiger partial charge in [-0.3, -0.25) is 14.5 Å². The van der Waals surface area contributed by atoms with Gasteiger partial charge in [0.1, 0.15) is 30.6 Å². The summed E-state index contributed by atoms with van der Waals surface area (Å²) in [7, 11) is 1.25. The number of allylic oxidation sites excluding steroid dienone is 1. The molecular weight excluding hydrogens is 500 g/mol. The maximum Gasteiger partial charge on any atom is 0.352 e. The average molecular weight is 519 g/mol. The highest BCUT2D eigenvalue weighted by atomic mass is 32.2. The fraction of sp³-hybridized carbons (Fsp3) is 0.333. The van der Waals surface area contributed by atoms with Crippen molar-refractivity contribution in [2.24, 2.45) is 15.4 Å². The Kier molecular flexibility index (Phi) is 5.85. The SMILES string of the molecule is CON=C(C(=O)NC1C(=O)N2C(C(=O)O)=C(CN3C=NN4N=CCC=C34)CS[C@@H]12)c1nsc(N)n1. The van der Waals surface area contributed by atoms with Crippen molar-refractivity contribution < 1.29 is 24.3 Å². The van der Waals surface area contributed by atoms with E-state index in [4.69, 9.17) is 10.6 Å². The second-order valence-corrected chi connectivity index (χ2v) is 9.33. The van der Waals surface area contributed by atoms with Gasteiger partial charge in [0.25, 0.3) is 11.8 Å². The summed E-state index contributed by atoms with van der Waals surface area (Å²) < 4.78 is 3.95. The fourth-order valence-electron chi connectivity index (χ4n) is 3.86. The monoisotopic (exact) mass is 518 g/mol. The van der Waals surface area contributed by atoms with E-state index in [9.17, 15) is 19.5 Å². The maximum atomic E-state index is 13.0. The molecule has 4 aliphatic rings. The van der Waals surface area contributed by atoms with Crippen molar-refractivity contribution >= 4 is 64.5 Å². The minimum atomic E-state index is -1.23. The molecule has 0 saturated carbocycles. The molecule has 2 atom stereocenters. The van der Waals surface area contributed by atoms with Gasteiger partial charge in [-0.25, -0.2) is 4.79 Å². The number of fused-ring (bicyclic) bond motifs is 2. The van der Waals surface area contributed by atoms with Gasteiger partial charge in [0.2, 0.25) is 11.5 Å². The van der Waals surface area contributed by atoms with Crippen molar-refractivity contribution in [2.75, 3.05) is 25.1 Å². The first-order valence-corrected chi connectivity index (χ1v) is 12.0. The maximum absolute atomic E-state index is 13.0. The second kappa shape index (κ2) is 8.99. The number of nitrogens with one attached hydrogen (secondary N) is 1. The number of nitrogen functional groups attached to an aromatic ring is 1. The molecule has 17 heteroatoms. The standard InChI is InChI=1S/C18H18N10O5S2/c1-33-24-10(13-23-18(19)35-25-13)14(29)22-11-15(30)27-12(17(31)32)8(6-34-16(11)27)5-26-7-21-28-9(26)3-2-4-20-28/h3-4,7,11,16H,2,5-6H2,1H3,(H,22,29)(H,31,32)(H2,19,23,25)/t11?,16-/m0/s1. The molecule has 1 unspecified atom stereocenters. The molecule has 1 fully saturated rings. The highest BCUT2D eigenvalue weighted by molar-refractivity contribution is 8.00. The lowest BCUT2D eigenvalue weighted by molar-refractivity contribution is -0.150. The van der Waals surface area contributed by atoms with Crippen LogP contribution in [0.25, 0.3) is 0 Å². The van der Waals surface area contributed by atoms with Crippen LogP contribution < -0.4 is 11.1 Å². The molecule has 1 aromatic heterocycles. The molecule has 1 aromatic rings. The summed E-state index contributed by atoms with van der Waals surface area (Å²) in [4.78, 5) is 49.6. The Labute approximate surface area is 205 Å². The van der Waals surface area contributed by atoms with E-state index in [1.807, 2.05) is 6.08 Å². The molecule has 182 valence electrons. The van der Waals surface area contributed by atoms with Gasteiger partial charge in [0.15, 0.2) is 11.0 Å². The number of oxime groups is 1. The van der Waals surface area contributed by atoms with Gasteiger partial charge in [0, 0.05) is 36.5 Å². The highest BCUT2D eigenvalue weighted by Crippen LogP contribution is 2.41. The molecule has 4 N–H and O–H groups in total. The number of aromatic nitrogens is 2. The number of amides is 2. The van der Waals surface area contributed by atoms with Crippen molar-refractivity contribution in [2.45, 2.75) is 17.8 Å². The molecule has 35 heavy (non-hydrogen) atoms. The zero-order valence-corrected chi connectivity index (χ0v) is 19.7. The summed E-state index contributed by atoms with van der Waals surface area (Å²) in [5.41, 5.74) is 5.78. The van der Waals surface area contributed by atoms with E-state index in [0.29, 0.717) is 17.7 Å². The number of nitrogens with two attached hydrogens (primary N) is 1. The van der Waals surface area contributed by atoms with Crippen molar-refractivity contribution in [3.8, 4) is 0 Å². The summed E-state index contributed by atoms with van der Waals surface area (Å²) >= 11 is 2.23. The Morgan fingerprint density at radius 2 is 2.23 bits per heavy atom. The molecule has 0 aromatic carbocycles. The number of carbonyl (C=O) groups excluding carboxylic acids is 2. The van der Waals surface area contributed by atoms with Crippen LogP contribution in [0.5, 0.6) is 0 Å². The summed E-state index contributed by atoms with van der Waals surface area (Å²) in [5.74, 6) is -1.50. The Morgan fingerprint density at radius 1 is 1.40 bits per heavy atom. The third-order valence-corrected chi connectivity index (χ3v) is 7.23. The lowest BCUT2D eigenvalue weighted by Gasteiger charge is -2.49. The minimum Gasteiger partial charge on any atom is -0.477 e. The topological polar surface area (TPSA) is 191 Å². The first kappa shape index (κ1) is 22.8. The van der Waals surface area contributed by atoms with E-state index in [2.05, 4.69) is 30.0 Å². The van der Waals surface area contributed by atoms with E-state index >= 15 is 0 Å². The van der Waals surface area contributed by atoms with Crippen LogP contribution in [0.1, 0.15) is 12.2 Å². The smallest absolute Gasteiger partial charge is 0.352 e. The number of nitrogens with zero attached hydrogens (tertiary/aromatic N) is 8. The molecule has 0 bridgehead atoms. The number of carboxylic acids is 1. The number of anilines is 1. The zero-order valence-electron chi connectivity index (χ0n) is 18.1. The van der Waals surface area contributed by atoms with Crippen LogP contribution in [0.3, 0.4) is 0 Å². The fourth-order valence-corrected chi connectivity index (χ4v) is 5.63. The molecule has 4 aliphatic heterocycles. The molecule has 15 nitrogen and oxygen atoms in total. The zero-order chi connectivity index (χ0) is 24.7. The number of β-lactam (4-membered cyclic amide) rings is 1. The first-order chi connectivity index (χ1) is 16.9. The van der Waals surface area contributed by atoms with Crippen LogP contribution in [0, 0.1) is 0 Å². The van der Waals surface area contributed by atoms with E-state index in [1.165, 1.54) is 28.9 Å². The number of rotatable bonds is 7. The Morgan fingerprint density at radius 3 is 2.94 bits per heavy atom. The normalized spacial score (nSPS) is 23.1. The second-order valence-electron chi connectivity index (χ2n) is 7.44. The number of hydrogen-bond donors (Lipinski definition) is 3. The quantitative estimate of drug-likeness (QED) is 0.228. The number of hydrogen-bond acceptors (Lipinski definition) is 14. The van der Waals surface area contributed by atoms with Crippen LogP contribution in [0.15, 0.2) is 38.5 Å². The summed E-state index contributed by atoms with van der Waals surface area (Å²) in [6, 6.07) is -0.958. The Balaban J connectivity index is 1.33. The molecule has 1 saturated heterocycles. The number of carbonyl (C=O) groups is 3. The van der Waals surface area contributed by atoms with Gasteiger partial charge >= 0.3 is 5.97 Å². The number of carboxylic acid groups (broad SMARTS) is 1. The van der Waals surface area contributed by atoms with Crippen LogP contribution >= 0.6 is 23.3 Å². The van der Waals surface area contributed by atoms with Gasteiger partial charge in [0.05, 0.1) is 0 Å². The lowest BCUT2D eigenvalue weighted by atomic mass is 10.0. The Hall–Kier alpha value is -3.99. The lowest BCUT2D eigenvalue weighted by Crippen LogP contribution is -2.71. The van der Waals surface area contributed by atoms with E-state index < -0.39 is 29.2 Å². The van der Waals surface area contributed by atoms with Crippen molar-refractivity contribution in [3.63, 3.8) is 0 Å². The van der Waals surface area contributed by atoms with Gasteiger partial charge in [-0.15, -0.1) is 22.0 Å². The average Bonchev–Trinajstić information content (AvgIpc) is 3.46. The number of aliphatic carboxylic acids is 1.